The molecule has 0 bridgehead atoms. The van der Waals surface area contributed by atoms with Gasteiger partial charge in [0.15, 0.2) is 11.6 Å². The maximum absolute atomic E-state index is 12.9. The fourth-order valence-electron chi connectivity index (χ4n) is 1.32. The van der Waals surface area contributed by atoms with Gasteiger partial charge in [-0.05, 0) is 0 Å². The van der Waals surface area contributed by atoms with Crippen LogP contribution in [0.5, 0.6) is 0 Å². The lowest BCUT2D eigenvalue weighted by Gasteiger charge is -2.00. The molecule has 2 aromatic rings. The first-order valence-electron chi connectivity index (χ1n) is 4.08. The highest BCUT2D eigenvalue weighted by molar-refractivity contribution is 6.17. The van der Waals surface area contributed by atoms with Gasteiger partial charge in [0.25, 0.3) is 0 Å². The maximum Gasteiger partial charge on any atom is 0.161 e. The Labute approximate surface area is 84.1 Å². The summed E-state index contributed by atoms with van der Waals surface area (Å²) in [6, 6.07) is 2.21. The largest absolute Gasteiger partial charge is 0.329 e. The molecule has 5 heteroatoms. The van der Waals surface area contributed by atoms with E-state index < -0.39 is 11.6 Å². The molecule has 0 spiro atoms. The van der Waals surface area contributed by atoms with E-state index in [4.69, 9.17) is 11.6 Å². The van der Waals surface area contributed by atoms with Gasteiger partial charge >= 0.3 is 0 Å². The zero-order valence-electron chi connectivity index (χ0n) is 7.17. The Morgan fingerprint density at radius 2 is 2.00 bits per heavy atom. The van der Waals surface area contributed by atoms with Crippen LogP contribution in [0.4, 0.5) is 8.78 Å². The number of aryl methyl sites for hydroxylation is 1. The number of halogens is 3. The smallest absolute Gasteiger partial charge is 0.161 e. The molecule has 1 heterocycles. The predicted octanol–water partition coefficient (Wildman–Crippen LogP) is 2.55. The number of fused-ring (bicyclic) bond motifs is 1. The summed E-state index contributed by atoms with van der Waals surface area (Å²) in [5.41, 5.74) is 0.999. The summed E-state index contributed by atoms with van der Waals surface area (Å²) in [4.78, 5) is 3.94. The summed E-state index contributed by atoms with van der Waals surface area (Å²) in [6.07, 6.45) is 1.52. The molecular weight excluding hydrogens is 210 g/mol. The second-order valence-corrected chi connectivity index (χ2v) is 3.26. The number of hydrogen-bond acceptors (Lipinski definition) is 1. The van der Waals surface area contributed by atoms with Crippen LogP contribution < -0.4 is 0 Å². The average Bonchev–Trinajstić information content (AvgIpc) is 2.51. The molecule has 74 valence electrons. The molecule has 0 aliphatic carbocycles. The van der Waals surface area contributed by atoms with Crippen molar-refractivity contribution in [3.05, 3.63) is 30.1 Å². The first-order valence-corrected chi connectivity index (χ1v) is 4.61. The Kier molecular flexibility index (Phi) is 2.37. The molecule has 14 heavy (non-hydrogen) atoms. The Bertz CT molecular complexity index is 467. The highest BCUT2D eigenvalue weighted by Gasteiger charge is 2.08. The third-order valence-electron chi connectivity index (χ3n) is 1.99. The Balaban J connectivity index is 2.61. The van der Waals surface area contributed by atoms with Crippen molar-refractivity contribution < 1.29 is 8.78 Å². The summed E-state index contributed by atoms with van der Waals surface area (Å²) in [5, 5.41) is 0. The summed E-state index contributed by atoms with van der Waals surface area (Å²) < 4.78 is 27.4. The molecule has 1 aromatic heterocycles. The van der Waals surface area contributed by atoms with Gasteiger partial charge in [0.05, 0.1) is 17.4 Å². The normalized spacial score (nSPS) is 11.1. The van der Waals surface area contributed by atoms with Crippen LogP contribution in [0.1, 0.15) is 0 Å². The molecule has 0 unspecified atom stereocenters. The highest BCUT2D eigenvalue weighted by atomic mass is 35.5. The number of imidazole rings is 1. The van der Waals surface area contributed by atoms with Gasteiger partial charge in [-0.15, -0.1) is 11.6 Å². The van der Waals surface area contributed by atoms with Crippen LogP contribution in [-0.4, -0.2) is 15.4 Å². The second-order valence-electron chi connectivity index (χ2n) is 2.88. The molecule has 0 radical (unpaired) electrons. The number of rotatable bonds is 2. The minimum Gasteiger partial charge on any atom is -0.329 e. The zero-order valence-corrected chi connectivity index (χ0v) is 7.93. The fourth-order valence-corrected chi connectivity index (χ4v) is 1.50. The molecule has 1 aromatic carbocycles. The number of alkyl halides is 1. The molecule has 2 nitrogen and oxygen atoms in total. The van der Waals surface area contributed by atoms with Gasteiger partial charge in [-0.1, -0.05) is 0 Å². The van der Waals surface area contributed by atoms with E-state index in [-0.39, 0.29) is 0 Å². The third-order valence-corrected chi connectivity index (χ3v) is 2.16. The van der Waals surface area contributed by atoms with E-state index in [1.165, 1.54) is 6.33 Å². The lowest BCUT2D eigenvalue weighted by Crippen LogP contribution is -1.97. The molecule has 0 aliphatic heterocycles. The summed E-state index contributed by atoms with van der Waals surface area (Å²) >= 11 is 5.55. The minimum absolute atomic E-state index is 0.407. The van der Waals surface area contributed by atoms with Crippen LogP contribution in [0.15, 0.2) is 18.5 Å². The van der Waals surface area contributed by atoms with Crippen molar-refractivity contribution in [2.75, 3.05) is 5.88 Å². The number of benzene rings is 1. The molecule has 0 amide bonds. The van der Waals surface area contributed by atoms with Crippen molar-refractivity contribution in [1.29, 1.82) is 0 Å². The van der Waals surface area contributed by atoms with E-state index in [1.54, 1.807) is 4.57 Å². The quantitative estimate of drug-likeness (QED) is 0.706. The van der Waals surface area contributed by atoms with E-state index in [9.17, 15) is 8.78 Å². The fraction of sp³-hybridized carbons (Fsp3) is 0.222. The maximum atomic E-state index is 12.9. The number of nitrogens with zero attached hydrogens (tertiary/aromatic N) is 2. The molecule has 0 atom stereocenters. The molecule has 2 rings (SSSR count). The van der Waals surface area contributed by atoms with E-state index in [1.807, 2.05) is 0 Å². The van der Waals surface area contributed by atoms with Crippen LogP contribution in [0, 0.1) is 11.6 Å². The predicted molar refractivity (Wildman–Crippen MR) is 50.4 cm³/mol. The third kappa shape index (κ3) is 1.46. The summed E-state index contributed by atoms with van der Waals surface area (Å²) in [5.74, 6) is -1.34. The van der Waals surface area contributed by atoms with Gasteiger partial charge in [0.2, 0.25) is 0 Å². The summed E-state index contributed by atoms with van der Waals surface area (Å²) in [7, 11) is 0. The van der Waals surface area contributed by atoms with Crippen molar-refractivity contribution >= 4 is 22.6 Å². The number of hydrogen-bond donors (Lipinski definition) is 0. The van der Waals surface area contributed by atoms with Gasteiger partial charge < -0.3 is 4.57 Å². The van der Waals surface area contributed by atoms with Crippen LogP contribution in [0.2, 0.25) is 0 Å². The van der Waals surface area contributed by atoms with Crippen molar-refractivity contribution in [2.45, 2.75) is 6.54 Å². The van der Waals surface area contributed by atoms with Crippen molar-refractivity contribution in [3.63, 3.8) is 0 Å². The first-order chi connectivity index (χ1) is 6.72. The standard InChI is InChI=1S/C9H7ClF2N2/c10-1-2-14-5-13-8-3-6(11)7(12)4-9(8)14/h3-5H,1-2H2. The Hall–Kier alpha value is -1.16. The van der Waals surface area contributed by atoms with E-state index in [0.717, 1.165) is 12.1 Å². The molecular formula is C9H7ClF2N2. The second kappa shape index (κ2) is 3.53. The Morgan fingerprint density at radius 3 is 2.71 bits per heavy atom. The topological polar surface area (TPSA) is 17.8 Å². The number of aromatic nitrogens is 2. The average molecular weight is 217 g/mol. The Morgan fingerprint density at radius 1 is 1.29 bits per heavy atom. The monoisotopic (exact) mass is 216 g/mol. The SMILES string of the molecule is Fc1cc2ncn(CCCl)c2cc1F. The molecule has 0 fully saturated rings. The van der Waals surface area contributed by atoms with Crippen LogP contribution >= 0.6 is 11.6 Å². The van der Waals surface area contributed by atoms with Gasteiger partial charge in [-0.2, -0.15) is 0 Å². The van der Waals surface area contributed by atoms with Crippen LogP contribution in [0.3, 0.4) is 0 Å². The highest BCUT2D eigenvalue weighted by Crippen LogP contribution is 2.17. The zero-order chi connectivity index (χ0) is 10.1. The van der Waals surface area contributed by atoms with Crippen LogP contribution in [-0.2, 0) is 6.54 Å². The summed E-state index contributed by atoms with van der Waals surface area (Å²) in [6.45, 7) is 0.531. The van der Waals surface area contributed by atoms with E-state index in [0.29, 0.717) is 23.5 Å². The lowest BCUT2D eigenvalue weighted by atomic mass is 10.3. The van der Waals surface area contributed by atoms with Crippen molar-refractivity contribution in [2.24, 2.45) is 0 Å². The minimum atomic E-state index is -0.881. The van der Waals surface area contributed by atoms with Crippen molar-refractivity contribution in [1.82, 2.24) is 9.55 Å². The van der Waals surface area contributed by atoms with Gasteiger partial charge in [0, 0.05) is 24.6 Å². The van der Waals surface area contributed by atoms with E-state index >= 15 is 0 Å². The first kappa shape index (κ1) is 9.40. The van der Waals surface area contributed by atoms with Crippen LogP contribution in [0.25, 0.3) is 11.0 Å². The van der Waals surface area contributed by atoms with Gasteiger partial charge in [-0.3, -0.25) is 0 Å². The van der Waals surface area contributed by atoms with Gasteiger partial charge in [0.1, 0.15) is 0 Å². The van der Waals surface area contributed by atoms with Gasteiger partial charge in [-0.25, -0.2) is 13.8 Å². The lowest BCUT2D eigenvalue weighted by molar-refractivity contribution is 0.510. The van der Waals surface area contributed by atoms with Crippen molar-refractivity contribution in [3.8, 4) is 0 Å². The molecule has 0 aliphatic rings. The van der Waals surface area contributed by atoms with E-state index in [2.05, 4.69) is 4.98 Å². The molecule has 0 N–H and O–H groups in total. The molecule has 0 saturated heterocycles. The molecule has 0 saturated carbocycles.